The van der Waals surface area contributed by atoms with Crippen molar-refractivity contribution < 1.29 is 9.53 Å². The quantitative estimate of drug-likeness (QED) is 0.473. The molecule has 13 heavy (non-hydrogen) atoms. The average Bonchev–Trinajstić information content (AvgIpc) is 2.24. The highest BCUT2D eigenvalue weighted by Crippen LogP contribution is 2.37. The largest absolute Gasteiger partial charge is 0.451 e. The summed E-state index contributed by atoms with van der Waals surface area (Å²) >= 11 is 5.78. The van der Waals surface area contributed by atoms with Crippen molar-refractivity contribution in [3.8, 4) is 0 Å². The van der Waals surface area contributed by atoms with Crippen molar-refractivity contribution in [3.63, 3.8) is 0 Å². The van der Waals surface area contributed by atoms with Gasteiger partial charge in [0.25, 0.3) is 0 Å². The molecule has 1 aromatic heterocycles. The highest BCUT2D eigenvalue weighted by Gasteiger charge is 2.39. The Hall–Kier alpha value is -1.09. The summed E-state index contributed by atoms with van der Waals surface area (Å²) < 4.78 is 5.14. The minimum Gasteiger partial charge on any atom is -0.451 e. The van der Waals surface area contributed by atoms with Crippen LogP contribution in [0.3, 0.4) is 0 Å². The van der Waals surface area contributed by atoms with E-state index in [-0.39, 0.29) is 5.15 Å². The highest BCUT2D eigenvalue weighted by atomic mass is 35.5. The molecule has 3 nitrogen and oxygen atoms in total. The van der Waals surface area contributed by atoms with E-state index in [4.69, 9.17) is 16.3 Å². The zero-order valence-electron chi connectivity index (χ0n) is 7.30. The Balaban J connectivity index is 2.72. The third kappa shape index (κ3) is 1.11. The molecule has 0 amide bonds. The molecule has 0 aliphatic carbocycles. The van der Waals surface area contributed by atoms with Gasteiger partial charge in [0.1, 0.15) is 16.3 Å². The Morgan fingerprint density at radius 2 is 2.23 bits per heavy atom. The lowest BCUT2D eigenvalue weighted by molar-refractivity contribution is 0.00955. The molecule has 0 spiro atoms. The lowest BCUT2D eigenvalue weighted by Crippen LogP contribution is -2.15. The maximum absolute atomic E-state index is 11.4. The summed E-state index contributed by atoms with van der Waals surface area (Å²) in [4.78, 5) is 15.2. The molecular formula is C9H8ClNO2. The van der Waals surface area contributed by atoms with Crippen LogP contribution in [0.4, 0.5) is 0 Å². The summed E-state index contributed by atoms with van der Waals surface area (Å²) in [5.74, 6) is -0.391. The van der Waals surface area contributed by atoms with Crippen molar-refractivity contribution in [1.82, 2.24) is 4.98 Å². The maximum atomic E-state index is 11.4. The summed E-state index contributed by atoms with van der Waals surface area (Å²) in [7, 11) is 0. The molecule has 0 saturated carbocycles. The molecule has 0 atom stereocenters. The van der Waals surface area contributed by atoms with Crippen LogP contribution in [-0.2, 0) is 10.3 Å². The summed E-state index contributed by atoms with van der Waals surface area (Å²) in [6, 6.07) is 1.76. The van der Waals surface area contributed by atoms with Gasteiger partial charge in [-0.15, -0.1) is 0 Å². The Labute approximate surface area is 80.7 Å². The first-order chi connectivity index (χ1) is 6.02. The van der Waals surface area contributed by atoms with Crippen LogP contribution in [0.2, 0.25) is 5.15 Å². The van der Waals surface area contributed by atoms with Crippen molar-refractivity contribution >= 4 is 17.6 Å². The van der Waals surface area contributed by atoms with Crippen LogP contribution in [0.1, 0.15) is 29.8 Å². The van der Waals surface area contributed by atoms with E-state index in [1.807, 2.05) is 13.8 Å². The molecule has 1 aromatic rings. The number of cyclic esters (lactones) is 1. The molecule has 0 radical (unpaired) electrons. The molecule has 0 unspecified atom stereocenters. The molecule has 1 aliphatic rings. The Morgan fingerprint density at radius 3 is 2.85 bits per heavy atom. The lowest BCUT2D eigenvalue weighted by atomic mass is 9.98. The molecule has 4 heteroatoms. The van der Waals surface area contributed by atoms with Gasteiger partial charge in [0.15, 0.2) is 0 Å². The van der Waals surface area contributed by atoms with Crippen LogP contribution in [0, 0.1) is 0 Å². The Bertz CT molecular complexity index is 387. The summed E-state index contributed by atoms with van der Waals surface area (Å²) in [5.41, 5.74) is 0.616. The molecule has 0 bridgehead atoms. The topological polar surface area (TPSA) is 39.2 Å². The zero-order chi connectivity index (χ0) is 9.64. The van der Waals surface area contributed by atoms with Gasteiger partial charge in [-0.25, -0.2) is 9.78 Å². The van der Waals surface area contributed by atoms with Gasteiger partial charge in [0, 0.05) is 11.8 Å². The van der Waals surface area contributed by atoms with Gasteiger partial charge in [-0.2, -0.15) is 0 Å². The van der Waals surface area contributed by atoms with Crippen molar-refractivity contribution in [3.05, 3.63) is 28.5 Å². The van der Waals surface area contributed by atoms with Crippen LogP contribution < -0.4 is 0 Å². The summed E-state index contributed by atoms with van der Waals surface area (Å²) in [6.07, 6.45) is 1.57. The fourth-order valence-electron chi connectivity index (χ4n) is 1.47. The first-order valence-corrected chi connectivity index (χ1v) is 4.28. The van der Waals surface area contributed by atoms with E-state index >= 15 is 0 Å². The first kappa shape index (κ1) is 8.51. The fourth-order valence-corrected chi connectivity index (χ4v) is 1.71. The number of carbonyl (C=O) groups is 1. The van der Waals surface area contributed by atoms with Gasteiger partial charge in [-0.3, -0.25) is 0 Å². The smallest absolute Gasteiger partial charge is 0.342 e. The van der Waals surface area contributed by atoms with Gasteiger partial charge in [-0.05, 0) is 19.9 Å². The van der Waals surface area contributed by atoms with Crippen molar-refractivity contribution in [2.75, 3.05) is 0 Å². The van der Waals surface area contributed by atoms with E-state index < -0.39 is 11.6 Å². The number of ether oxygens (including phenoxy) is 1. The monoisotopic (exact) mass is 197 g/mol. The zero-order valence-corrected chi connectivity index (χ0v) is 8.05. The van der Waals surface area contributed by atoms with Crippen LogP contribution >= 0.6 is 11.6 Å². The van der Waals surface area contributed by atoms with Crippen molar-refractivity contribution in [2.24, 2.45) is 0 Å². The second kappa shape index (κ2) is 2.45. The van der Waals surface area contributed by atoms with Gasteiger partial charge < -0.3 is 4.74 Å². The predicted octanol–water partition coefficient (Wildman–Crippen LogP) is 2.14. The van der Waals surface area contributed by atoms with Gasteiger partial charge >= 0.3 is 5.97 Å². The normalized spacial score (nSPS) is 18.2. The number of fused-ring (bicyclic) bond motifs is 1. The number of halogens is 1. The van der Waals surface area contributed by atoms with Crippen LogP contribution in [-0.4, -0.2) is 11.0 Å². The van der Waals surface area contributed by atoms with E-state index in [0.29, 0.717) is 5.56 Å². The number of aromatic nitrogens is 1. The number of esters is 1. The fraction of sp³-hybridized carbons (Fsp3) is 0.333. The molecular weight excluding hydrogens is 190 g/mol. The van der Waals surface area contributed by atoms with E-state index in [1.54, 1.807) is 12.3 Å². The first-order valence-electron chi connectivity index (χ1n) is 3.91. The molecule has 68 valence electrons. The average molecular weight is 198 g/mol. The second-order valence-electron chi connectivity index (χ2n) is 3.42. The summed E-state index contributed by atoms with van der Waals surface area (Å²) in [5, 5.41) is 0.216. The van der Waals surface area contributed by atoms with Gasteiger partial charge in [-0.1, -0.05) is 11.6 Å². The molecule has 1 aliphatic heterocycles. The molecule has 0 aromatic carbocycles. The Morgan fingerprint density at radius 1 is 1.54 bits per heavy atom. The number of carbonyl (C=O) groups excluding carboxylic acids is 1. The highest BCUT2D eigenvalue weighted by molar-refractivity contribution is 6.32. The van der Waals surface area contributed by atoms with Crippen LogP contribution in [0.25, 0.3) is 0 Å². The van der Waals surface area contributed by atoms with Crippen molar-refractivity contribution in [2.45, 2.75) is 19.4 Å². The SMILES string of the molecule is CC1(C)OC(=O)c2c1ccnc2Cl. The molecule has 2 rings (SSSR count). The minimum absolute atomic E-state index is 0.216. The predicted molar refractivity (Wildman–Crippen MR) is 47.7 cm³/mol. The number of nitrogens with zero attached hydrogens (tertiary/aromatic N) is 1. The van der Waals surface area contributed by atoms with Gasteiger partial charge in [0.05, 0.1) is 0 Å². The minimum atomic E-state index is -0.584. The standard InChI is InChI=1S/C9H8ClNO2/c1-9(2)5-3-4-11-7(10)6(5)8(12)13-9/h3-4H,1-2H3. The number of hydrogen-bond donors (Lipinski definition) is 0. The maximum Gasteiger partial charge on any atom is 0.342 e. The van der Waals surface area contributed by atoms with Crippen LogP contribution in [0.15, 0.2) is 12.3 Å². The van der Waals surface area contributed by atoms with Crippen molar-refractivity contribution in [1.29, 1.82) is 0 Å². The van der Waals surface area contributed by atoms with Gasteiger partial charge in [0.2, 0.25) is 0 Å². The lowest BCUT2D eigenvalue weighted by Gasteiger charge is -2.16. The molecule has 0 fully saturated rings. The Kier molecular flexibility index (Phi) is 1.60. The molecule has 0 N–H and O–H groups in total. The molecule has 2 heterocycles. The number of pyridine rings is 1. The third-order valence-corrected chi connectivity index (χ3v) is 2.39. The summed E-state index contributed by atoms with van der Waals surface area (Å²) in [6.45, 7) is 3.65. The second-order valence-corrected chi connectivity index (χ2v) is 3.78. The van der Waals surface area contributed by atoms with E-state index in [2.05, 4.69) is 4.98 Å². The van der Waals surface area contributed by atoms with Crippen LogP contribution in [0.5, 0.6) is 0 Å². The molecule has 0 saturated heterocycles. The van der Waals surface area contributed by atoms with E-state index in [1.165, 1.54) is 0 Å². The number of hydrogen-bond acceptors (Lipinski definition) is 3. The number of rotatable bonds is 0. The third-order valence-electron chi connectivity index (χ3n) is 2.11. The van der Waals surface area contributed by atoms with E-state index in [9.17, 15) is 4.79 Å². The van der Waals surface area contributed by atoms with E-state index in [0.717, 1.165) is 5.56 Å².